The topological polar surface area (TPSA) is 24.9 Å². The lowest BCUT2D eigenvalue weighted by atomic mass is 9.85. The van der Waals surface area contributed by atoms with Crippen molar-refractivity contribution in [3.63, 3.8) is 0 Å². The van der Waals surface area contributed by atoms with E-state index in [1.165, 1.54) is 24.1 Å². The van der Waals surface area contributed by atoms with Gasteiger partial charge in [0.25, 0.3) is 0 Å². The van der Waals surface area contributed by atoms with Gasteiger partial charge in [-0.05, 0) is 45.2 Å². The molecular formula is C13H20N2. The van der Waals surface area contributed by atoms with Gasteiger partial charge in [0.2, 0.25) is 0 Å². The lowest BCUT2D eigenvalue weighted by molar-refractivity contribution is 0.313. The highest BCUT2D eigenvalue weighted by Crippen LogP contribution is 2.30. The summed E-state index contributed by atoms with van der Waals surface area (Å²) in [6.07, 6.45) is 4.34. The molecule has 3 atom stereocenters. The van der Waals surface area contributed by atoms with Crippen LogP contribution in [0.5, 0.6) is 0 Å². The molecule has 0 aliphatic carbocycles. The molecule has 82 valence electrons. The molecule has 0 amide bonds. The summed E-state index contributed by atoms with van der Waals surface area (Å²) in [4.78, 5) is 4.54. The van der Waals surface area contributed by atoms with Crippen LogP contribution in [0.25, 0.3) is 0 Å². The molecule has 1 aliphatic rings. The van der Waals surface area contributed by atoms with Crippen molar-refractivity contribution in [1.29, 1.82) is 0 Å². The molecule has 2 rings (SSSR count). The van der Waals surface area contributed by atoms with Crippen LogP contribution in [-0.4, -0.2) is 17.1 Å². The third-order valence-corrected chi connectivity index (χ3v) is 3.28. The maximum absolute atomic E-state index is 4.54. The normalized spacial score (nSPS) is 31.5. The largest absolute Gasteiger partial charge is 0.312 e. The van der Waals surface area contributed by atoms with Crippen LogP contribution < -0.4 is 5.32 Å². The van der Waals surface area contributed by atoms with E-state index in [9.17, 15) is 0 Å². The van der Waals surface area contributed by atoms with Crippen molar-refractivity contribution in [2.45, 2.75) is 51.6 Å². The van der Waals surface area contributed by atoms with Crippen molar-refractivity contribution in [2.24, 2.45) is 0 Å². The SMILES string of the molecule is Cc1cccnc1C1C[C@@H](C)N[C@@H](C)C1. The van der Waals surface area contributed by atoms with Crippen molar-refractivity contribution in [3.05, 3.63) is 29.6 Å². The molecule has 1 aliphatic heterocycles. The smallest absolute Gasteiger partial charge is 0.0464 e. The van der Waals surface area contributed by atoms with Crippen molar-refractivity contribution in [2.75, 3.05) is 0 Å². The second-order valence-electron chi connectivity index (χ2n) is 4.84. The highest BCUT2D eigenvalue weighted by Gasteiger charge is 2.25. The van der Waals surface area contributed by atoms with Gasteiger partial charge in [0.05, 0.1) is 0 Å². The number of nitrogens with zero attached hydrogens (tertiary/aromatic N) is 1. The molecule has 1 fully saturated rings. The Morgan fingerprint density at radius 3 is 2.53 bits per heavy atom. The van der Waals surface area contributed by atoms with Crippen LogP contribution in [0.15, 0.2) is 18.3 Å². The standard InChI is InChI=1S/C13H20N2/c1-9-5-4-6-14-13(9)12-7-10(2)15-11(3)8-12/h4-6,10-12,15H,7-8H2,1-3H3/t10-,11+,12?. The molecule has 0 radical (unpaired) electrons. The minimum absolute atomic E-state index is 0.611. The van der Waals surface area contributed by atoms with E-state index in [1.54, 1.807) is 0 Å². The Morgan fingerprint density at radius 2 is 1.93 bits per heavy atom. The van der Waals surface area contributed by atoms with Gasteiger partial charge < -0.3 is 5.32 Å². The summed E-state index contributed by atoms with van der Waals surface area (Å²) in [5.41, 5.74) is 2.64. The molecule has 1 saturated heterocycles. The predicted molar refractivity (Wildman–Crippen MR) is 63.0 cm³/mol. The maximum Gasteiger partial charge on any atom is 0.0464 e. The maximum atomic E-state index is 4.54. The zero-order valence-corrected chi connectivity index (χ0v) is 9.83. The van der Waals surface area contributed by atoms with Crippen molar-refractivity contribution < 1.29 is 0 Å². The highest BCUT2D eigenvalue weighted by atomic mass is 15.0. The second-order valence-corrected chi connectivity index (χ2v) is 4.84. The van der Waals surface area contributed by atoms with Gasteiger partial charge in [-0.15, -0.1) is 0 Å². The Hall–Kier alpha value is -0.890. The molecule has 0 aromatic carbocycles. The lowest BCUT2D eigenvalue weighted by Gasteiger charge is -2.33. The Balaban J connectivity index is 2.20. The molecule has 1 aromatic heterocycles. The first kappa shape index (κ1) is 10.6. The quantitative estimate of drug-likeness (QED) is 0.760. The number of nitrogens with one attached hydrogen (secondary N) is 1. The predicted octanol–water partition coefficient (Wildman–Crippen LogP) is 2.63. The zero-order chi connectivity index (χ0) is 10.8. The molecule has 2 heterocycles. The van der Waals surface area contributed by atoms with E-state index in [2.05, 4.69) is 37.1 Å². The fourth-order valence-electron chi connectivity index (χ4n) is 2.72. The molecule has 1 unspecified atom stereocenters. The van der Waals surface area contributed by atoms with Gasteiger partial charge in [-0.25, -0.2) is 0 Å². The highest BCUT2D eigenvalue weighted by molar-refractivity contribution is 5.22. The first-order valence-corrected chi connectivity index (χ1v) is 5.84. The summed E-state index contributed by atoms with van der Waals surface area (Å²) in [6, 6.07) is 5.41. The summed E-state index contributed by atoms with van der Waals surface area (Å²) in [6.45, 7) is 6.70. The van der Waals surface area contributed by atoms with Crippen LogP contribution in [0.1, 0.15) is 43.9 Å². The average Bonchev–Trinajstić information content (AvgIpc) is 2.16. The first-order valence-electron chi connectivity index (χ1n) is 5.84. The molecule has 0 spiro atoms. The summed E-state index contributed by atoms with van der Waals surface area (Å²) in [7, 11) is 0. The molecule has 2 heteroatoms. The van der Waals surface area contributed by atoms with Gasteiger partial charge in [0, 0.05) is 29.9 Å². The van der Waals surface area contributed by atoms with E-state index in [-0.39, 0.29) is 0 Å². The van der Waals surface area contributed by atoms with Gasteiger partial charge in [0.1, 0.15) is 0 Å². The molecule has 15 heavy (non-hydrogen) atoms. The zero-order valence-electron chi connectivity index (χ0n) is 9.83. The van der Waals surface area contributed by atoms with Crippen LogP contribution >= 0.6 is 0 Å². The number of aryl methyl sites for hydroxylation is 1. The van der Waals surface area contributed by atoms with Crippen LogP contribution in [0.3, 0.4) is 0 Å². The van der Waals surface area contributed by atoms with Crippen LogP contribution in [0.4, 0.5) is 0 Å². The van der Waals surface area contributed by atoms with Crippen molar-refractivity contribution >= 4 is 0 Å². The van der Waals surface area contributed by atoms with Crippen LogP contribution in [0.2, 0.25) is 0 Å². The average molecular weight is 204 g/mol. The van der Waals surface area contributed by atoms with Crippen molar-refractivity contribution in [1.82, 2.24) is 10.3 Å². The van der Waals surface area contributed by atoms with Gasteiger partial charge in [-0.2, -0.15) is 0 Å². The van der Waals surface area contributed by atoms with E-state index in [4.69, 9.17) is 0 Å². The Kier molecular flexibility index (Phi) is 3.06. The second kappa shape index (κ2) is 4.31. The molecule has 0 bridgehead atoms. The summed E-state index contributed by atoms with van der Waals surface area (Å²) in [5, 5.41) is 3.57. The Bertz CT molecular complexity index is 325. The number of aromatic nitrogens is 1. The monoisotopic (exact) mass is 204 g/mol. The molecule has 2 nitrogen and oxygen atoms in total. The van der Waals surface area contributed by atoms with Crippen molar-refractivity contribution in [3.8, 4) is 0 Å². The van der Waals surface area contributed by atoms with Gasteiger partial charge in [-0.3, -0.25) is 4.98 Å². The number of rotatable bonds is 1. The number of piperidine rings is 1. The minimum Gasteiger partial charge on any atom is -0.312 e. The number of hydrogen-bond donors (Lipinski definition) is 1. The number of pyridine rings is 1. The summed E-state index contributed by atoms with van der Waals surface area (Å²) >= 11 is 0. The van der Waals surface area contributed by atoms with E-state index in [0.717, 1.165) is 0 Å². The van der Waals surface area contributed by atoms with E-state index < -0.39 is 0 Å². The molecular weight excluding hydrogens is 184 g/mol. The van der Waals surface area contributed by atoms with Crippen LogP contribution in [0, 0.1) is 6.92 Å². The molecule has 1 aromatic rings. The fourth-order valence-corrected chi connectivity index (χ4v) is 2.72. The summed E-state index contributed by atoms with van der Waals surface area (Å²) < 4.78 is 0. The lowest BCUT2D eigenvalue weighted by Crippen LogP contribution is -2.41. The minimum atomic E-state index is 0.611. The molecule has 0 saturated carbocycles. The third-order valence-electron chi connectivity index (χ3n) is 3.28. The Morgan fingerprint density at radius 1 is 1.27 bits per heavy atom. The molecule has 1 N–H and O–H groups in total. The fraction of sp³-hybridized carbons (Fsp3) is 0.615. The van der Waals surface area contributed by atoms with Gasteiger partial charge >= 0.3 is 0 Å². The first-order chi connectivity index (χ1) is 7.16. The van der Waals surface area contributed by atoms with Gasteiger partial charge in [-0.1, -0.05) is 6.07 Å². The van der Waals surface area contributed by atoms with Gasteiger partial charge in [0.15, 0.2) is 0 Å². The van der Waals surface area contributed by atoms with Crippen LogP contribution in [-0.2, 0) is 0 Å². The van der Waals surface area contributed by atoms with E-state index >= 15 is 0 Å². The Labute approximate surface area is 92.1 Å². The van der Waals surface area contributed by atoms with E-state index in [0.29, 0.717) is 18.0 Å². The number of hydrogen-bond acceptors (Lipinski definition) is 2. The van der Waals surface area contributed by atoms with E-state index in [1.807, 2.05) is 12.3 Å². The third kappa shape index (κ3) is 2.37. The summed E-state index contributed by atoms with van der Waals surface area (Å²) in [5.74, 6) is 0.637.